The molecule has 3 amide bonds. The fourth-order valence-corrected chi connectivity index (χ4v) is 3.08. The van der Waals surface area contributed by atoms with E-state index < -0.39 is 6.09 Å². The van der Waals surface area contributed by atoms with E-state index in [1.54, 1.807) is 25.1 Å². The molecule has 2 aromatic carbocycles. The highest BCUT2D eigenvalue weighted by molar-refractivity contribution is 5.99. The average Bonchev–Trinajstić information content (AvgIpc) is 3.08. The normalized spacial score (nSPS) is 12.6. The van der Waals surface area contributed by atoms with Crippen molar-refractivity contribution in [2.75, 3.05) is 38.6 Å². The highest BCUT2D eigenvalue weighted by atomic mass is 16.6. The molecule has 0 unspecified atom stereocenters. The molecule has 1 heterocycles. The summed E-state index contributed by atoms with van der Waals surface area (Å²) in [5.41, 5.74) is 1.87. The third-order valence-corrected chi connectivity index (χ3v) is 4.61. The van der Waals surface area contributed by atoms with E-state index in [2.05, 4.69) is 0 Å². The minimum atomic E-state index is -0.509. The maximum atomic E-state index is 12.4. The molecular weight excluding hydrogens is 334 g/mol. The van der Waals surface area contributed by atoms with E-state index in [1.807, 2.05) is 24.3 Å². The number of fused-ring (bicyclic) bond motifs is 3. The van der Waals surface area contributed by atoms with E-state index in [-0.39, 0.29) is 0 Å². The summed E-state index contributed by atoms with van der Waals surface area (Å²) >= 11 is 0. The Kier molecular flexibility index (Phi) is 5.06. The molecule has 0 bridgehead atoms. The fourth-order valence-electron chi connectivity index (χ4n) is 3.08. The number of rotatable bonds is 6. The van der Waals surface area contributed by atoms with Crippen molar-refractivity contribution in [1.29, 1.82) is 0 Å². The molecule has 3 rings (SSSR count). The van der Waals surface area contributed by atoms with Crippen molar-refractivity contribution in [1.82, 2.24) is 9.80 Å². The number of ether oxygens (including phenoxy) is 1. The Hall–Kier alpha value is -3.09. The topological polar surface area (TPSA) is 70.2 Å². The summed E-state index contributed by atoms with van der Waals surface area (Å²) in [7, 11) is 3.27. The number of carbonyl (C=O) groups is 3. The Morgan fingerprint density at radius 1 is 1.19 bits per heavy atom. The number of carbonyl (C=O) groups excluding carboxylic acids is 3. The standard InChI is InChI=1S/C19H21N3O4/c1-20(12-23)9-10-21(2)19(25)26-18-11-17-15(7-8-22(17)13-24)14-5-3-4-6-16(14)18/h3-6,11-13H,7-10H2,1-2H3. The van der Waals surface area contributed by atoms with Gasteiger partial charge in [0.25, 0.3) is 0 Å². The first-order valence-electron chi connectivity index (χ1n) is 8.40. The van der Waals surface area contributed by atoms with Gasteiger partial charge in [-0.25, -0.2) is 4.79 Å². The quantitative estimate of drug-likeness (QED) is 0.742. The number of likely N-dealkylation sites (N-methyl/N-ethyl adjacent to an activating group) is 2. The Labute approximate surface area is 151 Å². The number of nitrogens with zero attached hydrogens (tertiary/aromatic N) is 3. The van der Waals surface area contributed by atoms with Crippen LogP contribution in [-0.4, -0.2) is 62.4 Å². The van der Waals surface area contributed by atoms with Gasteiger partial charge < -0.3 is 19.4 Å². The van der Waals surface area contributed by atoms with Gasteiger partial charge in [0.2, 0.25) is 12.8 Å². The van der Waals surface area contributed by atoms with Crippen LogP contribution in [0.25, 0.3) is 10.8 Å². The maximum Gasteiger partial charge on any atom is 0.415 e. The van der Waals surface area contributed by atoms with Crippen LogP contribution in [0, 0.1) is 0 Å². The van der Waals surface area contributed by atoms with Gasteiger partial charge in [0.15, 0.2) is 0 Å². The van der Waals surface area contributed by atoms with E-state index in [0.717, 1.165) is 34.9 Å². The lowest BCUT2D eigenvalue weighted by Gasteiger charge is -2.20. The van der Waals surface area contributed by atoms with Crippen molar-refractivity contribution in [2.24, 2.45) is 0 Å². The van der Waals surface area contributed by atoms with Crippen LogP contribution in [0.3, 0.4) is 0 Å². The second-order valence-corrected chi connectivity index (χ2v) is 6.34. The molecule has 1 aliphatic heterocycles. The Morgan fingerprint density at radius 2 is 1.92 bits per heavy atom. The van der Waals surface area contributed by atoms with Crippen LogP contribution in [-0.2, 0) is 16.0 Å². The molecule has 1 aliphatic rings. The number of anilines is 1. The summed E-state index contributed by atoms with van der Waals surface area (Å²) in [5, 5.41) is 1.83. The molecule has 0 radical (unpaired) electrons. The molecule has 7 nitrogen and oxygen atoms in total. The first-order valence-corrected chi connectivity index (χ1v) is 8.40. The van der Waals surface area contributed by atoms with Crippen LogP contribution in [0.5, 0.6) is 5.75 Å². The lowest BCUT2D eigenvalue weighted by atomic mass is 10.0. The smallest absolute Gasteiger partial charge is 0.409 e. The second kappa shape index (κ2) is 7.43. The largest absolute Gasteiger partial charge is 0.415 e. The second-order valence-electron chi connectivity index (χ2n) is 6.34. The van der Waals surface area contributed by atoms with Gasteiger partial charge in [-0.2, -0.15) is 0 Å². The molecule has 136 valence electrons. The minimum Gasteiger partial charge on any atom is -0.409 e. The average molecular weight is 355 g/mol. The van der Waals surface area contributed by atoms with Crippen molar-refractivity contribution in [2.45, 2.75) is 6.42 Å². The molecule has 0 saturated carbocycles. The Balaban J connectivity index is 1.88. The monoisotopic (exact) mass is 355 g/mol. The summed E-state index contributed by atoms with van der Waals surface area (Å²) in [6, 6.07) is 9.45. The Bertz CT molecular complexity index is 852. The van der Waals surface area contributed by atoms with Crippen molar-refractivity contribution in [3.05, 3.63) is 35.9 Å². The molecule has 2 aromatic rings. The van der Waals surface area contributed by atoms with E-state index in [9.17, 15) is 14.4 Å². The van der Waals surface area contributed by atoms with E-state index in [4.69, 9.17) is 4.74 Å². The molecule has 7 heteroatoms. The molecule has 0 aliphatic carbocycles. The summed E-state index contributed by atoms with van der Waals surface area (Å²) < 4.78 is 5.61. The first kappa shape index (κ1) is 17.7. The van der Waals surface area contributed by atoms with Gasteiger partial charge in [0.1, 0.15) is 5.75 Å². The predicted octanol–water partition coefficient (Wildman–Crippen LogP) is 1.88. The van der Waals surface area contributed by atoms with Gasteiger partial charge in [0, 0.05) is 45.2 Å². The van der Waals surface area contributed by atoms with Gasteiger partial charge in [0.05, 0.1) is 5.69 Å². The summed E-state index contributed by atoms with van der Waals surface area (Å²) in [5.74, 6) is 0.425. The maximum absolute atomic E-state index is 12.4. The first-order chi connectivity index (χ1) is 12.5. The Morgan fingerprint density at radius 3 is 2.62 bits per heavy atom. The van der Waals surface area contributed by atoms with Crippen LogP contribution in [0.15, 0.2) is 30.3 Å². The summed E-state index contributed by atoms with van der Waals surface area (Å²) in [6.45, 7) is 1.40. The highest BCUT2D eigenvalue weighted by Gasteiger charge is 2.24. The van der Waals surface area contributed by atoms with E-state index >= 15 is 0 Å². The van der Waals surface area contributed by atoms with Gasteiger partial charge in [-0.3, -0.25) is 9.59 Å². The van der Waals surface area contributed by atoms with Crippen LogP contribution < -0.4 is 9.64 Å². The third-order valence-electron chi connectivity index (χ3n) is 4.61. The molecule has 26 heavy (non-hydrogen) atoms. The van der Waals surface area contributed by atoms with E-state index in [1.165, 1.54) is 9.80 Å². The zero-order valence-corrected chi connectivity index (χ0v) is 14.8. The third kappa shape index (κ3) is 3.33. The zero-order chi connectivity index (χ0) is 18.7. The minimum absolute atomic E-state index is 0.359. The van der Waals surface area contributed by atoms with Crippen LogP contribution in [0.2, 0.25) is 0 Å². The van der Waals surface area contributed by atoms with Crippen molar-refractivity contribution in [3.63, 3.8) is 0 Å². The molecular formula is C19H21N3O4. The van der Waals surface area contributed by atoms with Gasteiger partial charge in [-0.15, -0.1) is 0 Å². The molecule has 0 spiro atoms. The van der Waals surface area contributed by atoms with Gasteiger partial charge >= 0.3 is 6.09 Å². The van der Waals surface area contributed by atoms with Crippen LogP contribution >= 0.6 is 0 Å². The SMILES string of the molecule is CN(C=O)CCN(C)C(=O)Oc1cc2c(c3ccccc13)CCN2C=O. The fraction of sp³-hybridized carbons (Fsp3) is 0.316. The number of amides is 3. The van der Waals surface area contributed by atoms with Gasteiger partial charge in [-0.05, 0) is 17.4 Å². The van der Waals surface area contributed by atoms with Crippen molar-refractivity contribution in [3.8, 4) is 5.75 Å². The zero-order valence-electron chi connectivity index (χ0n) is 14.8. The summed E-state index contributed by atoms with van der Waals surface area (Å²) in [4.78, 5) is 38.9. The van der Waals surface area contributed by atoms with Crippen molar-refractivity contribution < 1.29 is 19.1 Å². The molecule has 0 atom stereocenters. The molecule has 0 N–H and O–H groups in total. The van der Waals surface area contributed by atoms with Crippen LogP contribution in [0.1, 0.15) is 5.56 Å². The highest BCUT2D eigenvalue weighted by Crippen LogP contribution is 2.39. The van der Waals surface area contributed by atoms with E-state index in [0.29, 0.717) is 31.8 Å². The molecule has 0 fully saturated rings. The number of hydrogen-bond acceptors (Lipinski definition) is 4. The van der Waals surface area contributed by atoms with Crippen molar-refractivity contribution >= 4 is 35.4 Å². The lowest BCUT2D eigenvalue weighted by Crippen LogP contribution is -2.36. The lowest BCUT2D eigenvalue weighted by molar-refractivity contribution is -0.117. The molecule has 0 saturated heterocycles. The number of benzene rings is 2. The van der Waals surface area contributed by atoms with Gasteiger partial charge in [-0.1, -0.05) is 24.3 Å². The molecule has 0 aromatic heterocycles. The number of hydrogen-bond donors (Lipinski definition) is 0. The van der Waals surface area contributed by atoms with Crippen LogP contribution in [0.4, 0.5) is 10.5 Å². The summed E-state index contributed by atoms with van der Waals surface area (Å²) in [6.07, 6.45) is 1.78. The predicted molar refractivity (Wildman–Crippen MR) is 98.4 cm³/mol.